The molecule has 0 aliphatic carbocycles. The van der Waals surface area contributed by atoms with Gasteiger partial charge in [-0.25, -0.2) is 4.98 Å². The van der Waals surface area contributed by atoms with Crippen molar-refractivity contribution in [1.82, 2.24) is 14.3 Å². The van der Waals surface area contributed by atoms with Crippen molar-refractivity contribution in [3.8, 4) is 5.75 Å². The van der Waals surface area contributed by atoms with Crippen LogP contribution in [0.4, 0.5) is 0 Å². The van der Waals surface area contributed by atoms with E-state index < -0.39 is 17.7 Å². The van der Waals surface area contributed by atoms with Crippen molar-refractivity contribution in [1.29, 1.82) is 0 Å². The summed E-state index contributed by atoms with van der Waals surface area (Å²) >= 11 is 0. The fraction of sp³-hybridized carbons (Fsp3) is 0.258. The van der Waals surface area contributed by atoms with Gasteiger partial charge in [0.05, 0.1) is 23.9 Å². The van der Waals surface area contributed by atoms with E-state index in [0.717, 1.165) is 12.0 Å². The average Bonchev–Trinajstić information content (AvgIpc) is 3.37. The van der Waals surface area contributed by atoms with Crippen molar-refractivity contribution in [2.45, 2.75) is 39.8 Å². The molecule has 1 aliphatic rings. The monoisotopic (exact) mass is 509 g/mol. The molecule has 0 saturated carbocycles. The number of fused-ring (bicyclic) bond motifs is 1. The number of hydrogen-bond acceptors (Lipinski definition) is 5. The van der Waals surface area contributed by atoms with Gasteiger partial charge in [0.15, 0.2) is 5.76 Å². The molecule has 1 amide bonds. The van der Waals surface area contributed by atoms with Crippen LogP contribution in [0.25, 0.3) is 11.4 Å². The Kier molecular flexibility index (Phi) is 7.01. The van der Waals surface area contributed by atoms with Crippen LogP contribution in [-0.4, -0.2) is 37.7 Å². The molecule has 1 fully saturated rings. The number of ketones is 1. The van der Waals surface area contributed by atoms with E-state index in [4.69, 9.17) is 4.74 Å². The largest absolute Gasteiger partial charge is 0.505 e. The molecule has 1 aliphatic heterocycles. The predicted octanol–water partition coefficient (Wildman–Crippen LogP) is 5.69. The first-order valence-electron chi connectivity index (χ1n) is 12.8. The predicted molar refractivity (Wildman–Crippen MR) is 146 cm³/mol. The maximum Gasteiger partial charge on any atom is 0.295 e. The van der Waals surface area contributed by atoms with E-state index in [9.17, 15) is 14.7 Å². The van der Waals surface area contributed by atoms with E-state index in [0.29, 0.717) is 40.9 Å². The highest BCUT2D eigenvalue weighted by Gasteiger charge is 2.46. The molecular weight excluding hydrogens is 478 g/mol. The Bertz CT molecular complexity index is 1520. The van der Waals surface area contributed by atoms with E-state index in [1.807, 2.05) is 72.8 Å². The number of aryl methyl sites for hydroxylation is 1. The standard InChI is InChI=1S/C31H31N3O4/c1-20(2)15-17-38-24-13-9-12-23(18-24)28-26(29(35)27-21(3)32-25-14-7-8-16-33(25)27)30(36)31(37)34(28)19-22-10-5-4-6-11-22/h4-14,16,18,20,28,35H,15,17,19H2,1-3H3. The summed E-state index contributed by atoms with van der Waals surface area (Å²) < 4.78 is 7.72. The molecule has 38 heavy (non-hydrogen) atoms. The van der Waals surface area contributed by atoms with Crippen LogP contribution >= 0.6 is 0 Å². The normalized spacial score (nSPS) is 17.1. The van der Waals surface area contributed by atoms with Crippen LogP contribution in [0.15, 0.2) is 84.6 Å². The van der Waals surface area contributed by atoms with Crippen LogP contribution < -0.4 is 4.74 Å². The van der Waals surface area contributed by atoms with E-state index in [1.165, 1.54) is 4.90 Å². The van der Waals surface area contributed by atoms with Crippen molar-refractivity contribution in [2.24, 2.45) is 5.92 Å². The van der Waals surface area contributed by atoms with Crippen molar-refractivity contribution < 1.29 is 19.4 Å². The first-order valence-corrected chi connectivity index (χ1v) is 12.8. The van der Waals surface area contributed by atoms with Gasteiger partial charge in [-0.15, -0.1) is 0 Å². The summed E-state index contributed by atoms with van der Waals surface area (Å²) in [6.07, 6.45) is 2.69. The van der Waals surface area contributed by atoms with Crippen LogP contribution in [0.1, 0.15) is 48.8 Å². The van der Waals surface area contributed by atoms with Gasteiger partial charge < -0.3 is 14.7 Å². The number of nitrogens with zero attached hydrogens (tertiary/aromatic N) is 3. The van der Waals surface area contributed by atoms with Gasteiger partial charge in [0.2, 0.25) is 0 Å². The first kappa shape index (κ1) is 25.3. The number of carbonyl (C=O) groups excluding carboxylic acids is 2. The number of imidazole rings is 1. The molecule has 2 aromatic carbocycles. The lowest BCUT2D eigenvalue weighted by molar-refractivity contribution is -0.140. The number of aromatic nitrogens is 2. The van der Waals surface area contributed by atoms with Crippen molar-refractivity contribution in [3.63, 3.8) is 0 Å². The molecule has 7 heteroatoms. The third kappa shape index (κ3) is 4.79. The molecule has 1 atom stereocenters. The molecular formula is C31H31N3O4. The summed E-state index contributed by atoms with van der Waals surface area (Å²) in [6, 6.07) is 21.7. The maximum absolute atomic E-state index is 13.5. The van der Waals surface area contributed by atoms with Crippen LogP contribution in [0.5, 0.6) is 5.75 Å². The minimum absolute atomic E-state index is 0.0408. The van der Waals surface area contributed by atoms with Crippen molar-refractivity contribution >= 4 is 23.1 Å². The van der Waals surface area contributed by atoms with Gasteiger partial charge in [-0.05, 0) is 54.7 Å². The minimum Gasteiger partial charge on any atom is -0.505 e. The van der Waals surface area contributed by atoms with E-state index in [-0.39, 0.29) is 17.9 Å². The highest BCUT2D eigenvalue weighted by atomic mass is 16.5. The third-order valence-corrected chi connectivity index (χ3v) is 6.80. The van der Waals surface area contributed by atoms with Gasteiger partial charge in [0.1, 0.15) is 17.1 Å². The SMILES string of the molecule is Cc1nc2ccccn2c1C(O)=C1C(=O)C(=O)N(Cc2ccccc2)C1c1cccc(OCCC(C)C)c1. The van der Waals surface area contributed by atoms with E-state index >= 15 is 0 Å². The lowest BCUT2D eigenvalue weighted by atomic mass is 9.96. The zero-order valence-electron chi connectivity index (χ0n) is 21.8. The number of carbonyl (C=O) groups is 2. The van der Waals surface area contributed by atoms with E-state index in [2.05, 4.69) is 18.8 Å². The fourth-order valence-corrected chi connectivity index (χ4v) is 4.88. The van der Waals surface area contributed by atoms with Crippen LogP contribution in [0.2, 0.25) is 0 Å². The van der Waals surface area contributed by atoms with Gasteiger partial charge in [-0.1, -0.05) is 62.4 Å². The van der Waals surface area contributed by atoms with Gasteiger partial charge in [-0.3, -0.25) is 14.0 Å². The van der Waals surface area contributed by atoms with E-state index in [1.54, 1.807) is 17.5 Å². The fourth-order valence-electron chi connectivity index (χ4n) is 4.88. The molecule has 1 N–H and O–H groups in total. The Labute approximate surface area is 222 Å². The third-order valence-electron chi connectivity index (χ3n) is 6.80. The Morgan fingerprint density at radius 3 is 2.55 bits per heavy atom. The lowest BCUT2D eigenvalue weighted by Crippen LogP contribution is -2.29. The van der Waals surface area contributed by atoms with Crippen molar-refractivity contribution in [3.05, 3.63) is 107 Å². The average molecular weight is 510 g/mol. The second-order valence-corrected chi connectivity index (χ2v) is 9.99. The highest BCUT2D eigenvalue weighted by molar-refractivity contribution is 6.46. The molecule has 194 valence electrons. The van der Waals surface area contributed by atoms with Crippen LogP contribution in [0.3, 0.4) is 0 Å². The number of rotatable bonds is 8. The molecule has 2 aromatic heterocycles. The number of hydrogen-bond donors (Lipinski definition) is 1. The molecule has 1 unspecified atom stereocenters. The summed E-state index contributed by atoms with van der Waals surface area (Å²) in [4.78, 5) is 33.0. The quantitative estimate of drug-likeness (QED) is 0.187. The maximum atomic E-state index is 13.5. The summed E-state index contributed by atoms with van der Waals surface area (Å²) in [5.74, 6) is -0.464. The summed E-state index contributed by atoms with van der Waals surface area (Å²) in [5, 5.41) is 11.7. The first-order chi connectivity index (χ1) is 18.3. The number of aliphatic hydroxyl groups excluding tert-OH is 1. The number of aliphatic hydroxyl groups is 1. The Morgan fingerprint density at radius 1 is 1.03 bits per heavy atom. The Morgan fingerprint density at radius 2 is 1.79 bits per heavy atom. The molecule has 3 heterocycles. The molecule has 1 saturated heterocycles. The van der Waals surface area contributed by atoms with Gasteiger partial charge >= 0.3 is 0 Å². The van der Waals surface area contributed by atoms with Gasteiger partial charge in [0.25, 0.3) is 11.7 Å². The zero-order valence-corrected chi connectivity index (χ0v) is 21.8. The minimum atomic E-state index is -0.794. The second kappa shape index (κ2) is 10.5. The Balaban J connectivity index is 1.64. The number of likely N-dealkylation sites (tertiary alicyclic amines) is 1. The summed E-state index contributed by atoms with van der Waals surface area (Å²) in [7, 11) is 0. The number of Topliss-reactive ketones (excluding diaryl/α,β-unsaturated/α-hetero) is 1. The summed E-state index contributed by atoms with van der Waals surface area (Å²) in [6.45, 7) is 6.84. The molecule has 0 radical (unpaired) electrons. The lowest BCUT2D eigenvalue weighted by Gasteiger charge is -2.26. The van der Waals surface area contributed by atoms with Crippen molar-refractivity contribution in [2.75, 3.05) is 6.61 Å². The zero-order chi connectivity index (χ0) is 26.8. The number of pyridine rings is 1. The smallest absolute Gasteiger partial charge is 0.295 e. The number of benzene rings is 2. The number of amides is 1. The van der Waals surface area contributed by atoms with Crippen LogP contribution in [-0.2, 0) is 16.1 Å². The molecule has 5 rings (SSSR count). The highest BCUT2D eigenvalue weighted by Crippen LogP contribution is 2.41. The number of ether oxygens (including phenoxy) is 1. The molecule has 0 bridgehead atoms. The molecule has 4 aromatic rings. The van der Waals surface area contributed by atoms with Gasteiger partial charge in [0, 0.05) is 12.7 Å². The second-order valence-electron chi connectivity index (χ2n) is 9.99. The molecule has 0 spiro atoms. The topological polar surface area (TPSA) is 84.1 Å². The molecule has 7 nitrogen and oxygen atoms in total. The van der Waals surface area contributed by atoms with Crippen LogP contribution in [0, 0.1) is 12.8 Å². The summed E-state index contributed by atoms with van der Waals surface area (Å²) in [5.41, 5.74) is 3.21. The Hall–Kier alpha value is -4.39. The van der Waals surface area contributed by atoms with Gasteiger partial charge in [-0.2, -0.15) is 0 Å².